The van der Waals surface area contributed by atoms with Crippen LogP contribution in [0.5, 0.6) is 0 Å². The first-order valence-corrected chi connectivity index (χ1v) is 10.9. The molecule has 0 radical (unpaired) electrons. The van der Waals surface area contributed by atoms with E-state index in [-0.39, 0.29) is 53.6 Å². The minimum atomic E-state index is -0.398. The lowest BCUT2D eigenvalue weighted by Crippen LogP contribution is -2.62. The molecule has 2 saturated carbocycles. The molecule has 6 unspecified atom stereocenters. The van der Waals surface area contributed by atoms with Crippen molar-refractivity contribution in [1.29, 1.82) is 0 Å². The maximum atomic E-state index is 12.7. The van der Waals surface area contributed by atoms with E-state index < -0.39 is 5.41 Å². The summed E-state index contributed by atoms with van der Waals surface area (Å²) >= 11 is 0. The van der Waals surface area contributed by atoms with Crippen molar-refractivity contribution in [3.05, 3.63) is 24.2 Å². The maximum absolute atomic E-state index is 12.7. The molecule has 0 spiro atoms. The van der Waals surface area contributed by atoms with Crippen molar-refractivity contribution >= 4 is 17.7 Å². The topological polar surface area (TPSA) is 82.8 Å². The Kier molecular flexibility index (Phi) is 6.44. The zero-order valence-corrected chi connectivity index (χ0v) is 18.7. The van der Waals surface area contributed by atoms with Crippen LogP contribution >= 0.6 is 0 Å². The number of esters is 2. The van der Waals surface area contributed by atoms with Crippen molar-refractivity contribution < 1.29 is 28.3 Å². The molecule has 0 bridgehead atoms. The Morgan fingerprint density at radius 2 is 1.97 bits per heavy atom. The molecule has 1 aromatic rings. The van der Waals surface area contributed by atoms with Gasteiger partial charge >= 0.3 is 11.9 Å². The maximum Gasteiger partial charge on any atom is 0.302 e. The fourth-order valence-corrected chi connectivity index (χ4v) is 6.17. The van der Waals surface area contributed by atoms with E-state index in [9.17, 15) is 14.4 Å². The molecule has 6 nitrogen and oxygen atoms in total. The number of aryl methyl sites for hydroxylation is 1. The predicted octanol–water partition coefficient (Wildman–Crippen LogP) is 4.35. The molecule has 0 N–H and O–H groups in total. The largest absolute Gasteiger partial charge is 0.472 e. The second kappa shape index (κ2) is 8.56. The molecular weight excluding hydrogens is 384 g/mol. The highest BCUT2D eigenvalue weighted by atomic mass is 16.5. The van der Waals surface area contributed by atoms with Crippen LogP contribution in [0.2, 0.25) is 0 Å². The zero-order chi connectivity index (χ0) is 22.1. The normalized spacial score (nSPS) is 36.1. The van der Waals surface area contributed by atoms with Gasteiger partial charge in [-0.25, -0.2) is 0 Å². The Balaban J connectivity index is 2.05. The van der Waals surface area contributed by atoms with Crippen LogP contribution in [0, 0.1) is 28.6 Å². The Morgan fingerprint density at radius 3 is 2.57 bits per heavy atom. The summed E-state index contributed by atoms with van der Waals surface area (Å²) in [7, 11) is 0. The molecule has 0 aromatic carbocycles. The third kappa shape index (κ3) is 4.06. The molecule has 2 aliphatic rings. The molecule has 2 aliphatic carbocycles. The van der Waals surface area contributed by atoms with E-state index >= 15 is 0 Å². The third-order valence-electron chi connectivity index (χ3n) is 8.07. The fraction of sp³-hybridized carbons (Fsp3) is 0.708. The monoisotopic (exact) mass is 418 g/mol. The van der Waals surface area contributed by atoms with Crippen molar-refractivity contribution in [2.45, 2.75) is 72.8 Å². The number of hydrogen-bond donors (Lipinski definition) is 0. The molecule has 166 valence electrons. The lowest BCUT2D eigenvalue weighted by molar-refractivity contribution is -0.204. The molecular formula is C24H34O6. The molecule has 3 rings (SSSR count). The summed E-state index contributed by atoms with van der Waals surface area (Å²) in [4.78, 5) is 36.4. The van der Waals surface area contributed by atoms with Crippen LogP contribution in [0.1, 0.15) is 65.9 Å². The smallest absolute Gasteiger partial charge is 0.302 e. The van der Waals surface area contributed by atoms with Crippen LogP contribution < -0.4 is 0 Å². The SMILES string of the molecule is CC(=O)OCC1(CCc2ccoc2)C(C)C(OC(C)=O)CC2(C)C(C)C(=O)CCC21. The first-order valence-electron chi connectivity index (χ1n) is 10.9. The van der Waals surface area contributed by atoms with E-state index in [1.807, 2.05) is 13.0 Å². The van der Waals surface area contributed by atoms with E-state index in [1.54, 1.807) is 12.5 Å². The molecule has 1 heterocycles. The summed E-state index contributed by atoms with van der Waals surface area (Å²) in [6.45, 7) is 9.38. The van der Waals surface area contributed by atoms with Gasteiger partial charge in [-0.15, -0.1) is 0 Å². The van der Waals surface area contributed by atoms with E-state index in [0.717, 1.165) is 24.8 Å². The zero-order valence-electron chi connectivity index (χ0n) is 18.7. The molecule has 6 atom stereocenters. The fourth-order valence-electron chi connectivity index (χ4n) is 6.17. The number of rotatable bonds is 6. The van der Waals surface area contributed by atoms with Gasteiger partial charge in [-0.3, -0.25) is 14.4 Å². The van der Waals surface area contributed by atoms with Gasteiger partial charge in [0, 0.05) is 37.5 Å². The molecule has 2 fully saturated rings. The first kappa shape index (κ1) is 22.6. The summed E-state index contributed by atoms with van der Waals surface area (Å²) in [6.07, 6.45) is 6.57. The average molecular weight is 419 g/mol. The van der Waals surface area contributed by atoms with Crippen LogP contribution in [-0.4, -0.2) is 30.4 Å². The second-order valence-electron chi connectivity index (χ2n) is 9.57. The molecule has 0 aliphatic heterocycles. The van der Waals surface area contributed by atoms with E-state index in [1.165, 1.54) is 13.8 Å². The van der Waals surface area contributed by atoms with Gasteiger partial charge in [-0.05, 0) is 48.6 Å². The van der Waals surface area contributed by atoms with Crippen molar-refractivity contribution in [2.24, 2.45) is 28.6 Å². The lowest BCUT2D eigenvalue weighted by Gasteiger charge is -2.62. The second-order valence-corrected chi connectivity index (χ2v) is 9.57. The van der Waals surface area contributed by atoms with E-state index in [4.69, 9.17) is 13.9 Å². The lowest BCUT2D eigenvalue weighted by atomic mass is 9.43. The van der Waals surface area contributed by atoms with Crippen LogP contribution in [0.25, 0.3) is 0 Å². The van der Waals surface area contributed by atoms with Gasteiger partial charge in [0.15, 0.2) is 0 Å². The minimum Gasteiger partial charge on any atom is -0.472 e. The van der Waals surface area contributed by atoms with E-state index in [0.29, 0.717) is 12.8 Å². The summed E-state index contributed by atoms with van der Waals surface area (Å²) in [5.41, 5.74) is 0.365. The standard InChI is InChI=1S/C24H34O6/c1-15-20(27)6-7-22-23(15,5)12-21(30-18(4)26)16(2)24(22,14-29-17(3)25)10-8-19-9-11-28-13-19/h9,11,13,15-16,21-22H,6-8,10,12,14H2,1-5H3. The van der Waals surface area contributed by atoms with Crippen molar-refractivity contribution in [2.75, 3.05) is 6.61 Å². The van der Waals surface area contributed by atoms with Gasteiger partial charge in [-0.1, -0.05) is 20.8 Å². The molecule has 30 heavy (non-hydrogen) atoms. The Hall–Kier alpha value is -2.11. The van der Waals surface area contributed by atoms with Gasteiger partial charge < -0.3 is 13.9 Å². The summed E-state index contributed by atoms with van der Waals surface area (Å²) in [5.74, 6) is -0.327. The van der Waals surface area contributed by atoms with Crippen LogP contribution in [0.3, 0.4) is 0 Å². The Morgan fingerprint density at radius 1 is 1.23 bits per heavy atom. The van der Waals surface area contributed by atoms with Gasteiger partial charge in [-0.2, -0.15) is 0 Å². The summed E-state index contributed by atoms with van der Waals surface area (Å²) < 4.78 is 16.7. The number of ether oxygens (including phenoxy) is 2. The van der Waals surface area contributed by atoms with Gasteiger partial charge in [0.25, 0.3) is 0 Å². The number of Topliss-reactive ketones (excluding diaryl/α,β-unsaturated/α-hetero) is 1. The summed E-state index contributed by atoms with van der Waals surface area (Å²) in [5, 5.41) is 0. The highest BCUT2D eigenvalue weighted by molar-refractivity contribution is 5.82. The number of ketones is 1. The van der Waals surface area contributed by atoms with Crippen LogP contribution in [-0.2, 0) is 30.3 Å². The van der Waals surface area contributed by atoms with Crippen LogP contribution in [0.15, 0.2) is 23.0 Å². The predicted molar refractivity (Wildman–Crippen MR) is 110 cm³/mol. The highest BCUT2D eigenvalue weighted by Gasteiger charge is 2.62. The van der Waals surface area contributed by atoms with E-state index in [2.05, 4.69) is 13.8 Å². The molecule has 1 aromatic heterocycles. The molecule has 0 saturated heterocycles. The quantitative estimate of drug-likeness (QED) is 0.639. The number of carbonyl (C=O) groups excluding carboxylic acids is 3. The van der Waals surface area contributed by atoms with Gasteiger partial charge in [0.2, 0.25) is 0 Å². The molecule has 6 heteroatoms. The van der Waals surface area contributed by atoms with Gasteiger partial charge in [0.05, 0.1) is 19.1 Å². The Bertz CT molecular complexity index is 784. The van der Waals surface area contributed by atoms with Crippen molar-refractivity contribution in [1.82, 2.24) is 0 Å². The number of carbonyl (C=O) groups is 3. The third-order valence-corrected chi connectivity index (χ3v) is 8.07. The first-order chi connectivity index (χ1) is 14.1. The highest BCUT2D eigenvalue weighted by Crippen LogP contribution is 2.63. The Labute approximate surface area is 178 Å². The minimum absolute atomic E-state index is 0.00821. The van der Waals surface area contributed by atoms with Crippen molar-refractivity contribution in [3.8, 4) is 0 Å². The van der Waals surface area contributed by atoms with Crippen molar-refractivity contribution in [3.63, 3.8) is 0 Å². The number of hydrogen-bond acceptors (Lipinski definition) is 6. The number of fused-ring (bicyclic) bond motifs is 1. The summed E-state index contributed by atoms with van der Waals surface area (Å²) in [6, 6.07) is 1.95. The average Bonchev–Trinajstić information content (AvgIpc) is 3.19. The number of furan rings is 1. The molecule has 0 amide bonds. The van der Waals surface area contributed by atoms with Crippen LogP contribution in [0.4, 0.5) is 0 Å². The van der Waals surface area contributed by atoms with Gasteiger partial charge in [0.1, 0.15) is 11.9 Å².